The Bertz CT molecular complexity index is 452. The first-order valence-electron chi connectivity index (χ1n) is 5.26. The highest BCUT2D eigenvalue weighted by molar-refractivity contribution is 5.97. The van der Waals surface area contributed by atoms with Crippen LogP contribution in [0, 0.1) is 6.92 Å². The summed E-state index contributed by atoms with van der Waals surface area (Å²) in [5.74, 6) is -1.07. The third-order valence-electron chi connectivity index (χ3n) is 2.91. The van der Waals surface area contributed by atoms with Gasteiger partial charge in [-0.3, -0.25) is 4.79 Å². The molecular formula is C11H13NO5. The van der Waals surface area contributed by atoms with Crippen molar-refractivity contribution >= 4 is 11.9 Å². The number of aryl methyl sites for hydroxylation is 1. The van der Waals surface area contributed by atoms with Crippen molar-refractivity contribution in [2.24, 2.45) is 0 Å². The zero-order valence-corrected chi connectivity index (χ0v) is 9.29. The van der Waals surface area contributed by atoms with Crippen molar-refractivity contribution in [3.63, 3.8) is 0 Å². The van der Waals surface area contributed by atoms with Crippen LogP contribution >= 0.6 is 0 Å². The first-order valence-corrected chi connectivity index (χ1v) is 5.26. The molecule has 0 saturated carbocycles. The van der Waals surface area contributed by atoms with E-state index >= 15 is 0 Å². The van der Waals surface area contributed by atoms with Gasteiger partial charge in [0.25, 0.3) is 5.91 Å². The fourth-order valence-electron chi connectivity index (χ4n) is 2.03. The number of furan rings is 1. The number of carbonyl (C=O) groups excluding carboxylic acids is 1. The van der Waals surface area contributed by atoms with E-state index in [-0.39, 0.29) is 13.0 Å². The summed E-state index contributed by atoms with van der Waals surface area (Å²) >= 11 is 0. The summed E-state index contributed by atoms with van der Waals surface area (Å²) < 4.78 is 5.01. The fraction of sp³-hybridized carbons (Fsp3) is 0.455. The molecular weight excluding hydrogens is 226 g/mol. The van der Waals surface area contributed by atoms with Crippen LogP contribution < -0.4 is 0 Å². The van der Waals surface area contributed by atoms with E-state index in [1.165, 1.54) is 17.2 Å². The average molecular weight is 239 g/mol. The minimum atomic E-state index is -1.10. The average Bonchev–Trinajstić information content (AvgIpc) is 2.83. The molecule has 1 aromatic rings. The van der Waals surface area contributed by atoms with Gasteiger partial charge in [-0.25, -0.2) is 4.79 Å². The predicted octanol–water partition coefficient (Wildman–Crippen LogP) is 0.248. The number of aliphatic carboxylic acids is 1. The van der Waals surface area contributed by atoms with E-state index in [9.17, 15) is 14.7 Å². The van der Waals surface area contributed by atoms with Crippen molar-refractivity contribution in [2.75, 3.05) is 6.54 Å². The summed E-state index contributed by atoms with van der Waals surface area (Å²) in [6.07, 6.45) is 0.662. The van der Waals surface area contributed by atoms with Gasteiger partial charge in [-0.2, -0.15) is 0 Å². The number of likely N-dealkylation sites (tertiary alicyclic amines) is 1. The van der Waals surface area contributed by atoms with Gasteiger partial charge in [0.15, 0.2) is 0 Å². The summed E-state index contributed by atoms with van der Waals surface area (Å²) in [4.78, 5) is 24.2. The Morgan fingerprint density at radius 2 is 2.24 bits per heavy atom. The van der Waals surface area contributed by atoms with Crippen LogP contribution in [-0.4, -0.2) is 45.7 Å². The third kappa shape index (κ3) is 2.03. The minimum absolute atomic E-state index is 0.0421. The molecule has 6 nitrogen and oxygen atoms in total. The van der Waals surface area contributed by atoms with E-state index < -0.39 is 24.0 Å². The van der Waals surface area contributed by atoms with Crippen LogP contribution in [0.15, 0.2) is 16.7 Å². The Hall–Kier alpha value is -1.82. The number of amides is 1. The minimum Gasteiger partial charge on any atom is -0.480 e. The molecule has 0 spiro atoms. The van der Waals surface area contributed by atoms with Gasteiger partial charge in [-0.05, 0) is 13.0 Å². The van der Waals surface area contributed by atoms with Gasteiger partial charge in [0, 0.05) is 13.0 Å². The monoisotopic (exact) mass is 239 g/mol. The summed E-state index contributed by atoms with van der Waals surface area (Å²) in [5.41, 5.74) is 0.338. The van der Waals surface area contributed by atoms with Crippen LogP contribution in [0.25, 0.3) is 0 Å². The molecule has 2 atom stereocenters. The summed E-state index contributed by atoms with van der Waals surface area (Å²) in [7, 11) is 0. The van der Waals surface area contributed by atoms with Crippen molar-refractivity contribution in [1.82, 2.24) is 4.90 Å². The lowest BCUT2D eigenvalue weighted by atomic mass is 10.2. The molecule has 1 aliphatic rings. The normalized spacial score (nSPS) is 24.0. The molecule has 2 rings (SSSR count). The second kappa shape index (κ2) is 4.21. The Balaban J connectivity index is 2.25. The molecule has 1 saturated heterocycles. The van der Waals surface area contributed by atoms with Gasteiger partial charge in [-0.15, -0.1) is 0 Å². The van der Waals surface area contributed by atoms with E-state index in [1.807, 2.05) is 0 Å². The number of nitrogens with zero attached hydrogens (tertiary/aromatic N) is 1. The Morgan fingerprint density at radius 1 is 1.53 bits per heavy atom. The molecule has 92 valence electrons. The number of hydrogen-bond acceptors (Lipinski definition) is 4. The molecule has 0 radical (unpaired) electrons. The van der Waals surface area contributed by atoms with Gasteiger partial charge in [-0.1, -0.05) is 0 Å². The number of carboxylic acids is 1. The van der Waals surface area contributed by atoms with Gasteiger partial charge in [0.05, 0.1) is 17.9 Å². The van der Waals surface area contributed by atoms with Crippen molar-refractivity contribution in [1.29, 1.82) is 0 Å². The second-order valence-electron chi connectivity index (χ2n) is 4.09. The van der Waals surface area contributed by atoms with E-state index in [4.69, 9.17) is 9.52 Å². The molecule has 1 aliphatic heterocycles. The van der Waals surface area contributed by atoms with Crippen LogP contribution in [0.2, 0.25) is 0 Å². The number of carboxylic acid groups (broad SMARTS) is 1. The predicted molar refractivity (Wildman–Crippen MR) is 56.5 cm³/mol. The highest BCUT2D eigenvalue weighted by Crippen LogP contribution is 2.22. The number of carbonyl (C=O) groups is 2. The molecule has 0 aromatic carbocycles. The van der Waals surface area contributed by atoms with E-state index in [2.05, 4.69) is 0 Å². The van der Waals surface area contributed by atoms with Gasteiger partial charge >= 0.3 is 5.97 Å². The van der Waals surface area contributed by atoms with Gasteiger partial charge in [0.2, 0.25) is 0 Å². The highest BCUT2D eigenvalue weighted by atomic mass is 16.4. The Kier molecular flexibility index (Phi) is 2.89. The van der Waals surface area contributed by atoms with E-state index in [1.54, 1.807) is 6.92 Å². The highest BCUT2D eigenvalue weighted by Gasteiger charge is 2.39. The third-order valence-corrected chi connectivity index (χ3v) is 2.91. The molecule has 2 heterocycles. The number of hydrogen-bond donors (Lipinski definition) is 2. The van der Waals surface area contributed by atoms with Crippen molar-refractivity contribution in [3.8, 4) is 0 Å². The number of aliphatic hydroxyl groups excluding tert-OH is 1. The fourth-order valence-corrected chi connectivity index (χ4v) is 2.03. The molecule has 1 aromatic heterocycles. The van der Waals surface area contributed by atoms with Gasteiger partial charge < -0.3 is 19.5 Å². The van der Waals surface area contributed by atoms with Crippen LogP contribution in [0.4, 0.5) is 0 Å². The second-order valence-corrected chi connectivity index (χ2v) is 4.09. The number of β-amino-alcohol motifs (C(OH)–C–C–N with tert-alkyl or cyclic N) is 1. The topological polar surface area (TPSA) is 91.0 Å². The molecule has 2 N–H and O–H groups in total. The van der Waals surface area contributed by atoms with Crippen molar-refractivity contribution in [3.05, 3.63) is 23.7 Å². The molecule has 6 heteroatoms. The standard InChI is InChI=1S/C11H13NO5/c1-6-8(2-3-17-6)10(14)12-5-7(13)4-9(12)11(15)16/h2-3,7,9,13H,4-5H2,1H3,(H,15,16)/t7?,9-/m0/s1. The smallest absolute Gasteiger partial charge is 0.326 e. The quantitative estimate of drug-likeness (QED) is 0.771. The summed E-state index contributed by atoms with van der Waals surface area (Å²) in [6.45, 7) is 1.68. The lowest BCUT2D eigenvalue weighted by Gasteiger charge is -2.20. The SMILES string of the molecule is Cc1occc1C(=O)N1CC(O)C[C@H]1C(=O)O. The number of rotatable bonds is 2. The molecule has 1 fully saturated rings. The lowest BCUT2D eigenvalue weighted by molar-refractivity contribution is -0.141. The maximum absolute atomic E-state index is 12.1. The molecule has 0 bridgehead atoms. The largest absolute Gasteiger partial charge is 0.480 e. The summed E-state index contributed by atoms with van der Waals surface area (Å²) in [6, 6.07) is 0.535. The van der Waals surface area contributed by atoms with Crippen LogP contribution in [0.3, 0.4) is 0 Å². The molecule has 1 amide bonds. The van der Waals surface area contributed by atoms with Crippen LogP contribution in [-0.2, 0) is 4.79 Å². The molecule has 0 aliphatic carbocycles. The lowest BCUT2D eigenvalue weighted by Crippen LogP contribution is -2.40. The van der Waals surface area contributed by atoms with E-state index in [0.717, 1.165) is 0 Å². The summed E-state index contributed by atoms with van der Waals surface area (Å²) in [5, 5.41) is 18.4. The van der Waals surface area contributed by atoms with Crippen molar-refractivity contribution < 1.29 is 24.2 Å². The van der Waals surface area contributed by atoms with E-state index in [0.29, 0.717) is 11.3 Å². The van der Waals surface area contributed by atoms with Crippen LogP contribution in [0.5, 0.6) is 0 Å². The maximum Gasteiger partial charge on any atom is 0.326 e. The van der Waals surface area contributed by atoms with Gasteiger partial charge in [0.1, 0.15) is 11.8 Å². The molecule has 1 unspecified atom stereocenters. The Morgan fingerprint density at radius 3 is 2.76 bits per heavy atom. The Labute approximate surface area is 97.4 Å². The maximum atomic E-state index is 12.1. The number of aliphatic hydroxyl groups is 1. The molecule has 17 heavy (non-hydrogen) atoms. The zero-order valence-electron chi connectivity index (χ0n) is 9.29. The zero-order chi connectivity index (χ0) is 12.6. The first-order chi connectivity index (χ1) is 8.00. The van der Waals surface area contributed by atoms with Crippen LogP contribution in [0.1, 0.15) is 22.5 Å². The first kappa shape index (κ1) is 11.7. The van der Waals surface area contributed by atoms with Crippen molar-refractivity contribution in [2.45, 2.75) is 25.5 Å².